The van der Waals surface area contributed by atoms with Crippen LogP contribution in [0.25, 0.3) is 0 Å². The number of carbonyl (C=O) groups is 2. The standard InChI is InChI=1S/C27H50N2O13S2/c1-26(2,3)41-24(35)28-8-10-43-12-14-16(30)17(31)19(33)23(38-14)40-21-15(39-22(37-7)20(34)18(21)32)13-44-11-9-29-25(36)42-27(4,5)6/h14-23,30-34H,8-13H2,1-7H3,(H,28,35)(H,29,36)/t14?,15?,16-,17+,18-,19?,20?,21-,22-,23-/m1/s1. The lowest BCUT2D eigenvalue weighted by Crippen LogP contribution is -2.64. The summed E-state index contributed by atoms with van der Waals surface area (Å²) < 4.78 is 33.1. The van der Waals surface area contributed by atoms with E-state index in [1.165, 1.54) is 30.6 Å². The third kappa shape index (κ3) is 12.9. The van der Waals surface area contributed by atoms with Gasteiger partial charge in [-0.3, -0.25) is 0 Å². The average molecular weight is 675 g/mol. The van der Waals surface area contributed by atoms with Crippen LogP contribution in [0.4, 0.5) is 9.59 Å². The number of hydrogen-bond acceptors (Lipinski definition) is 15. The van der Waals surface area contributed by atoms with Gasteiger partial charge in [-0.2, -0.15) is 23.5 Å². The second kappa shape index (κ2) is 17.7. The number of carbonyl (C=O) groups excluding carboxylic acids is 2. The van der Waals surface area contributed by atoms with Crippen molar-refractivity contribution in [2.45, 2.75) is 114 Å². The molecule has 0 saturated carbocycles. The molecule has 2 fully saturated rings. The number of nitrogens with one attached hydrogen (secondary N) is 2. The van der Waals surface area contributed by atoms with Gasteiger partial charge in [0.1, 0.15) is 47.8 Å². The van der Waals surface area contributed by atoms with Crippen molar-refractivity contribution < 1.29 is 63.5 Å². The molecule has 258 valence electrons. The highest BCUT2D eigenvalue weighted by Crippen LogP contribution is 2.31. The third-order valence-electron chi connectivity index (χ3n) is 6.23. The highest BCUT2D eigenvalue weighted by molar-refractivity contribution is 7.99. The van der Waals surface area contributed by atoms with E-state index in [1.807, 2.05) is 0 Å². The average Bonchev–Trinajstić information content (AvgIpc) is 2.90. The topological polar surface area (TPSA) is 215 Å². The lowest BCUT2D eigenvalue weighted by Gasteiger charge is -2.46. The van der Waals surface area contributed by atoms with Crippen LogP contribution in [-0.4, -0.2) is 154 Å². The Morgan fingerprint density at radius 1 is 0.682 bits per heavy atom. The number of thioether (sulfide) groups is 2. The smallest absolute Gasteiger partial charge is 0.407 e. The van der Waals surface area contributed by atoms with Crippen LogP contribution < -0.4 is 10.6 Å². The van der Waals surface area contributed by atoms with Gasteiger partial charge in [0, 0.05) is 43.2 Å². The van der Waals surface area contributed by atoms with Gasteiger partial charge < -0.3 is 64.6 Å². The fraction of sp³-hybridized carbons (Fsp3) is 0.926. The summed E-state index contributed by atoms with van der Waals surface area (Å²) in [7, 11) is 1.31. The first-order valence-electron chi connectivity index (χ1n) is 14.4. The van der Waals surface area contributed by atoms with Crippen molar-refractivity contribution in [2.75, 3.05) is 43.2 Å². The molecule has 2 rings (SSSR count). The van der Waals surface area contributed by atoms with Crippen LogP contribution in [0.3, 0.4) is 0 Å². The highest BCUT2D eigenvalue weighted by Gasteiger charge is 2.50. The highest BCUT2D eigenvalue weighted by atomic mass is 32.2. The van der Waals surface area contributed by atoms with Crippen LogP contribution in [0, 0.1) is 0 Å². The molecule has 7 N–H and O–H groups in total. The largest absolute Gasteiger partial charge is 0.444 e. The Kier molecular flexibility index (Phi) is 15.7. The van der Waals surface area contributed by atoms with Gasteiger partial charge in [-0.1, -0.05) is 0 Å². The molecule has 0 aromatic carbocycles. The minimum Gasteiger partial charge on any atom is -0.444 e. The van der Waals surface area contributed by atoms with Gasteiger partial charge in [0.15, 0.2) is 12.6 Å². The van der Waals surface area contributed by atoms with E-state index in [0.29, 0.717) is 11.5 Å². The number of methoxy groups -OCH3 is 1. The van der Waals surface area contributed by atoms with Crippen LogP contribution in [0.5, 0.6) is 0 Å². The van der Waals surface area contributed by atoms with Gasteiger partial charge in [-0.05, 0) is 41.5 Å². The summed E-state index contributed by atoms with van der Waals surface area (Å²) in [5.74, 6) is 1.32. The molecule has 2 saturated heterocycles. The van der Waals surface area contributed by atoms with Crippen molar-refractivity contribution in [3.8, 4) is 0 Å². The molecule has 0 bridgehead atoms. The summed E-state index contributed by atoms with van der Waals surface area (Å²) in [5.41, 5.74) is -1.26. The van der Waals surface area contributed by atoms with Gasteiger partial charge in [0.05, 0.1) is 12.2 Å². The molecular formula is C27H50N2O13S2. The molecule has 44 heavy (non-hydrogen) atoms. The quantitative estimate of drug-likeness (QED) is 0.126. The molecule has 0 spiro atoms. The van der Waals surface area contributed by atoms with Gasteiger partial charge in [-0.15, -0.1) is 0 Å². The zero-order valence-corrected chi connectivity index (χ0v) is 28.0. The Morgan fingerprint density at radius 2 is 1.14 bits per heavy atom. The van der Waals surface area contributed by atoms with Crippen molar-refractivity contribution >= 4 is 35.7 Å². The second-order valence-electron chi connectivity index (χ2n) is 12.4. The number of aliphatic hydroxyl groups is 5. The summed E-state index contributed by atoms with van der Waals surface area (Å²) >= 11 is 2.69. The molecule has 15 nitrogen and oxygen atoms in total. The van der Waals surface area contributed by atoms with Crippen LogP contribution in [0.1, 0.15) is 41.5 Å². The molecule has 2 heterocycles. The Balaban J connectivity index is 1.95. The van der Waals surface area contributed by atoms with E-state index < -0.39 is 84.8 Å². The molecule has 17 heteroatoms. The molecule has 4 unspecified atom stereocenters. The molecule has 0 aromatic rings. The summed E-state index contributed by atoms with van der Waals surface area (Å²) in [4.78, 5) is 23.7. The van der Waals surface area contributed by atoms with Crippen LogP contribution >= 0.6 is 23.5 Å². The Bertz CT molecular complexity index is 891. The van der Waals surface area contributed by atoms with Crippen molar-refractivity contribution in [3.05, 3.63) is 0 Å². The normalized spacial score (nSPS) is 33.0. The van der Waals surface area contributed by atoms with E-state index >= 15 is 0 Å². The third-order valence-corrected chi connectivity index (χ3v) is 8.34. The Morgan fingerprint density at radius 3 is 1.61 bits per heavy atom. The molecule has 0 aromatic heterocycles. The zero-order chi connectivity index (χ0) is 33.2. The molecule has 2 aliphatic heterocycles. The molecule has 10 atom stereocenters. The van der Waals surface area contributed by atoms with Gasteiger partial charge >= 0.3 is 12.2 Å². The summed E-state index contributed by atoms with van der Waals surface area (Å²) in [6.45, 7) is 11.1. The first-order chi connectivity index (χ1) is 20.4. The van der Waals surface area contributed by atoms with Crippen molar-refractivity contribution in [1.82, 2.24) is 10.6 Å². The maximum atomic E-state index is 11.9. The lowest BCUT2D eigenvalue weighted by atomic mass is 9.97. The van der Waals surface area contributed by atoms with E-state index in [9.17, 15) is 35.1 Å². The lowest BCUT2D eigenvalue weighted by molar-refractivity contribution is -0.349. The van der Waals surface area contributed by atoms with Crippen molar-refractivity contribution in [2.24, 2.45) is 0 Å². The van der Waals surface area contributed by atoms with Gasteiger partial charge in [0.2, 0.25) is 0 Å². The summed E-state index contributed by atoms with van der Waals surface area (Å²) in [6, 6.07) is 0. The molecule has 0 aliphatic carbocycles. The Hall–Kier alpha value is -1.12. The minimum absolute atomic E-state index is 0.183. The zero-order valence-electron chi connectivity index (χ0n) is 26.3. The van der Waals surface area contributed by atoms with E-state index in [1.54, 1.807) is 41.5 Å². The molecule has 2 amide bonds. The fourth-order valence-corrected chi connectivity index (χ4v) is 6.04. The summed E-state index contributed by atoms with van der Waals surface area (Å²) in [6.07, 6.45) is -14.5. The Labute approximate surface area is 267 Å². The van der Waals surface area contributed by atoms with Crippen molar-refractivity contribution in [1.29, 1.82) is 0 Å². The predicted molar refractivity (Wildman–Crippen MR) is 162 cm³/mol. The summed E-state index contributed by atoms with van der Waals surface area (Å²) in [5, 5.41) is 58.4. The first-order valence-corrected chi connectivity index (χ1v) is 16.7. The first kappa shape index (κ1) is 39.1. The van der Waals surface area contributed by atoms with E-state index in [4.69, 9.17) is 28.4 Å². The molecular weight excluding hydrogens is 624 g/mol. The van der Waals surface area contributed by atoms with E-state index in [2.05, 4.69) is 10.6 Å². The molecule has 0 radical (unpaired) electrons. The maximum absolute atomic E-state index is 11.9. The number of aliphatic hydroxyl groups excluding tert-OH is 5. The fourth-order valence-electron chi connectivity index (χ4n) is 4.20. The minimum atomic E-state index is -1.67. The molecule has 2 aliphatic rings. The second-order valence-corrected chi connectivity index (χ2v) is 14.7. The number of hydrogen-bond donors (Lipinski definition) is 7. The predicted octanol–water partition coefficient (Wildman–Crippen LogP) is -0.212. The van der Waals surface area contributed by atoms with Crippen LogP contribution in [0.15, 0.2) is 0 Å². The number of alkyl carbamates (subject to hydrolysis) is 2. The van der Waals surface area contributed by atoms with E-state index in [-0.39, 0.29) is 24.6 Å². The maximum Gasteiger partial charge on any atom is 0.407 e. The van der Waals surface area contributed by atoms with Crippen LogP contribution in [-0.2, 0) is 28.4 Å². The van der Waals surface area contributed by atoms with Crippen molar-refractivity contribution in [3.63, 3.8) is 0 Å². The van der Waals surface area contributed by atoms with E-state index in [0.717, 1.165) is 0 Å². The SMILES string of the molecule is CO[C@@H]1OC(CSCCNC(=O)OC(C)(C)C)[C@@H](O[C@H]2OC(CSCCNC(=O)OC(C)(C)C)[C@@H](O)[C@H](O)C2O)[C@H](O)C1O. The number of amides is 2. The van der Waals surface area contributed by atoms with Gasteiger partial charge in [-0.25, -0.2) is 9.59 Å². The monoisotopic (exact) mass is 674 g/mol. The number of ether oxygens (including phenoxy) is 6. The van der Waals surface area contributed by atoms with Crippen LogP contribution in [0.2, 0.25) is 0 Å². The van der Waals surface area contributed by atoms with Gasteiger partial charge in [0.25, 0.3) is 0 Å². The number of rotatable bonds is 13.